The molecule has 0 N–H and O–H groups in total. The molecule has 5 heteroatoms. The zero-order valence-electron chi connectivity index (χ0n) is 11.3. The Kier molecular flexibility index (Phi) is 2.57. The van der Waals surface area contributed by atoms with Crippen LogP contribution in [0.25, 0.3) is 0 Å². The van der Waals surface area contributed by atoms with Crippen LogP contribution >= 0.6 is 0 Å². The van der Waals surface area contributed by atoms with Crippen LogP contribution in [0.2, 0.25) is 0 Å². The second-order valence-electron chi connectivity index (χ2n) is 5.54. The molecule has 2 aliphatic heterocycles. The molecule has 0 radical (unpaired) electrons. The van der Waals surface area contributed by atoms with Crippen molar-refractivity contribution in [3.8, 4) is 0 Å². The maximum absolute atomic E-state index is 11.9. The Morgan fingerprint density at radius 3 is 1.86 bits per heavy atom. The molecular formula is C16H14N2O2S. The summed E-state index contributed by atoms with van der Waals surface area (Å²) in [6.07, 6.45) is 0. The zero-order chi connectivity index (χ0) is 14.5. The van der Waals surface area contributed by atoms with E-state index in [9.17, 15) is 8.42 Å². The van der Waals surface area contributed by atoms with Crippen molar-refractivity contribution in [2.24, 2.45) is 16.1 Å². The number of hydrogen-bond acceptors (Lipinski definition) is 4. The van der Waals surface area contributed by atoms with Crippen molar-refractivity contribution < 1.29 is 8.42 Å². The van der Waals surface area contributed by atoms with E-state index in [0.29, 0.717) is 0 Å². The van der Waals surface area contributed by atoms with Crippen molar-refractivity contribution in [2.45, 2.75) is 10.9 Å². The SMILES string of the molecule is O=S1(=O)C[C@@H]2[C@H]1N=NC2(c1ccccc1)c1ccccc1. The summed E-state index contributed by atoms with van der Waals surface area (Å²) in [5.41, 5.74) is 1.34. The highest BCUT2D eigenvalue weighted by Gasteiger charge is 2.62. The summed E-state index contributed by atoms with van der Waals surface area (Å²) in [4.78, 5) is 0. The molecule has 0 aliphatic carbocycles. The predicted molar refractivity (Wildman–Crippen MR) is 79.6 cm³/mol. The van der Waals surface area contributed by atoms with Gasteiger partial charge in [-0.1, -0.05) is 60.7 Å². The van der Waals surface area contributed by atoms with Crippen LogP contribution in [0.4, 0.5) is 0 Å². The van der Waals surface area contributed by atoms with Gasteiger partial charge in [0.15, 0.2) is 15.2 Å². The van der Waals surface area contributed by atoms with Crippen molar-refractivity contribution in [1.29, 1.82) is 0 Å². The first-order chi connectivity index (χ1) is 10.1. The van der Waals surface area contributed by atoms with Gasteiger partial charge in [0.05, 0.1) is 5.75 Å². The smallest absolute Gasteiger partial charge is 0.178 e. The Hall–Kier alpha value is -2.01. The summed E-state index contributed by atoms with van der Waals surface area (Å²) in [5.74, 6) is 0.0429. The van der Waals surface area contributed by atoms with E-state index in [1.54, 1.807) is 0 Å². The quantitative estimate of drug-likeness (QED) is 0.856. The molecule has 2 aliphatic rings. The van der Waals surface area contributed by atoms with Gasteiger partial charge in [0, 0.05) is 5.92 Å². The largest absolute Gasteiger partial charge is 0.227 e. The van der Waals surface area contributed by atoms with Crippen molar-refractivity contribution >= 4 is 9.84 Å². The molecule has 1 saturated heterocycles. The molecule has 0 aromatic heterocycles. The molecule has 4 rings (SSSR count). The number of rotatable bonds is 2. The van der Waals surface area contributed by atoms with Crippen LogP contribution in [0.15, 0.2) is 70.9 Å². The fourth-order valence-corrected chi connectivity index (χ4v) is 5.10. The van der Waals surface area contributed by atoms with E-state index in [2.05, 4.69) is 10.2 Å². The highest BCUT2D eigenvalue weighted by Crippen LogP contribution is 2.53. The van der Waals surface area contributed by atoms with Crippen molar-refractivity contribution in [2.75, 3.05) is 5.75 Å². The fraction of sp³-hybridized carbons (Fsp3) is 0.250. The van der Waals surface area contributed by atoms with Crippen molar-refractivity contribution in [1.82, 2.24) is 0 Å². The van der Waals surface area contributed by atoms with E-state index < -0.39 is 20.8 Å². The summed E-state index contributed by atoms with van der Waals surface area (Å²) in [7, 11) is -3.11. The van der Waals surface area contributed by atoms with Crippen molar-refractivity contribution in [3.05, 3.63) is 71.8 Å². The standard InChI is InChI=1S/C16H14N2O2S/c19-21(20)11-14-15(21)17-18-16(14,12-7-3-1-4-8-12)13-9-5-2-6-10-13/h1-10,14-15H,11H2/t14-,15+/m1/s1. The second kappa shape index (κ2) is 4.24. The van der Waals surface area contributed by atoms with E-state index in [4.69, 9.17) is 0 Å². The summed E-state index contributed by atoms with van der Waals surface area (Å²) >= 11 is 0. The third kappa shape index (κ3) is 1.64. The van der Waals surface area contributed by atoms with Crippen LogP contribution < -0.4 is 0 Å². The third-order valence-electron chi connectivity index (χ3n) is 4.42. The Bertz CT molecular complexity index is 761. The lowest BCUT2D eigenvalue weighted by Gasteiger charge is -2.39. The molecule has 2 atom stereocenters. The molecule has 0 saturated carbocycles. The fourth-order valence-electron chi connectivity index (χ4n) is 3.36. The Balaban J connectivity index is 1.93. The van der Waals surface area contributed by atoms with Crippen molar-refractivity contribution in [3.63, 3.8) is 0 Å². The highest BCUT2D eigenvalue weighted by atomic mass is 32.2. The van der Waals surface area contributed by atoms with E-state index in [-0.39, 0.29) is 11.7 Å². The molecule has 0 amide bonds. The lowest BCUT2D eigenvalue weighted by atomic mass is 9.74. The van der Waals surface area contributed by atoms with Gasteiger partial charge < -0.3 is 0 Å². The topological polar surface area (TPSA) is 58.9 Å². The van der Waals surface area contributed by atoms with Gasteiger partial charge >= 0.3 is 0 Å². The monoisotopic (exact) mass is 298 g/mol. The van der Waals surface area contributed by atoms with Gasteiger partial charge in [0.25, 0.3) is 0 Å². The zero-order valence-corrected chi connectivity index (χ0v) is 12.1. The number of hydrogen-bond donors (Lipinski definition) is 0. The number of azo groups is 1. The van der Waals surface area contributed by atoms with Gasteiger partial charge in [0.2, 0.25) is 0 Å². The van der Waals surface area contributed by atoms with Gasteiger partial charge in [-0.3, -0.25) is 0 Å². The molecule has 0 unspecified atom stereocenters. The molecular weight excluding hydrogens is 284 g/mol. The van der Waals surface area contributed by atoms with Crippen LogP contribution in [-0.4, -0.2) is 19.5 Å². The van der Waals surface area contributed by atoms with Crippen LogP contribution in [0.5, 0.6) is 0 Å². The number of benzene rings is 2. The normalized spacial score (nSPS) is 27.8. The molecule has 2 aromatic rings. The lowest BCUT2D eigenvalue weighted by Crippen LogP contribution is -2.52. The molecule has 0 bridgehead atoms. The van der Waals surface area contributed by atoms with E-state index in [1.807, 2.05) is 60.7 Å². The Morgan fingerprint density at radius 2 is 1.43 bits per heavy atom. The van der Waals surface area contributed by atoms with Gasteiger partial charge in [-0.2, -0.15) is 10.2 Å². The molecule has 2 heterocycles. The summed E-state index contributed by atoms with van der Waals surface area (Å²) in [6.45, 7) is 0. The van der Waals surface area contributed by atoms with Gasteiger partial charge in [0.1, 0.15) is 5.54 Å². The van der Waals surface area contributed by atoms with Gasteiger partial charge in [-0.05, 0) is 11.1 Å². The molecule has 1 fully saturated rings. The minimum Gasteiger partial charge on any atom is -0.227 e. The van der Waals surface area contributed by atoms with Crippen LogP contribution in [-0.2, 0) is 15.4 Å². The third-order valence-corrected chi connectivity index (χ3v) is 6.40. The first kappa shape index (κ1) is 12.7. The molecule has 0 spiro atoms. The molecule has 4 nitrogen and oxygen atoms in total. The maximum Gasteiger partial charge on any atom is 0.178 e. The minimum absolute atomic E-state index is 0.104. The first-order valence-corrected chi connectivity index (χ1v) is 8.61. The van der Waals surface area contributed by atoms with E-state index >= 15 is 0 Å². The Morgan fingerprint density at radius 1 is 0.905 bits per heavy atom. The lowest BCUT2D eigenvalue weighted by molar-refractivity contribution is 0.363. The first-order valence-electron chi connectivity index (χ1n) is 6.89. The summed E-state index contributed by atoms with van der Waals surface area (Å²) in [6, 6.07) is 19.7. The highest BCUT2D eigenvalue weighted by molar-refractivity contribution is 7.93. The second-order valence-corrected chi connectivity index (χ2v) is 7.68. The number of nitrogens with zero attached hydrogens (tertiary/aromatic N) is 2. The minimum atomic E-state index is -3.11. The molecule has 2 aromatic carbocycles. The number of fused-ring (bicyclic) bond motifs is 1. The van der Waals surface area contributed by atoms with Crippen LogP contribution in [0.3, 0.4) is 0 Å². The van der Waals surface area contributed by atoms with Crippen LogP contribution in [0.1, 0.15) is 11.1 Å². The summed E-state index contributed by atoms with van der Waals surface area (Å²) in [5, 5.41) is 7.89. The van der Waals surface area contributed by atoms with Gasteiger partial charge in [-0.25, -0.2) is 8.42 Å². The van der Waals surface area contributed by atoms with E-state index in [1.165, 1.54) is 0 Å². The van der Waals surface area contributed by atoms with E-state index in [0.717, 1.165) is 11.1 Å². The number of sulfone groups is 1. The maximum atomic E-state index is 11.9. The van der Waals surface area contributed by atoms with Gasteiger partial charge in [-0.15, -0.1) is 0 Å². The Labute approximate surface area is 123 Å². The summed E-state index contributed by atoms with van der Waals surface area (Å²) < 4.78 is 23.8. The molecule has 106 valence electrons. The predicted octanol–water partition coefficient (Wildman–Crippen LogP) is 2.77. The van der Waals surface area contributed by atoms with Crippen LogP contribution in [0, 0.1) is 5.92 Å². The average Bonchev–Trinajstić information content (AvgIpc) is 2.85. The average molecular weight is 298 g/mol. The molecule has 21 heavy (non-hydrogen) atoms.